The molecule has 0 amide bonds. The molecule has 2 rings (SSSR count). The minimum absolute atomic E-state index is 0.314. The van der Waals surface area contributed by atoms with Gasteiger partial charge in [-0.3, -0.25) is 0 Å². The fourth-order valence-electron chi connectivity index (χ4n) is 2.40. The molecule has 0 saturated carbocycles. The largest absolute Gasteiger partial charge is 0.389 e. The number of rotatable bonds is 3. The number of hydrogen-bond donors (Lipinski definition) is 1. The number of thiocarbonyl (C=S) groups is 1. The molecule has 1 unspecified atom stereocenters. The number of hydrogen-bond acceptors (Lipinski definition) is 3. The predicted molar refractivity (Wildman–Crippen MR) is 74.7 cm³/mol. The Kier molecular flexibility index (Phi) is 3.64. The van der Waals surface area contributed by atoms with Gasteiger partial charge in [0.25, 0.3) is 0 Å². The topological polar surface area (TPSA) is 38.5 Å². The standard InChI is InChI=1S/C13H18N2OS/c1-9-4-3-5-11(13(14)17)12(9)15-7-6-10(8-15)16-2/h3-5,10H,6-8H2,1-2H3,(H2,14,17). The van der Waals surface area contributed by atoms with Gasteiger partial charge in [-0.05, 0) is 25.0 Å². The van der Waals surface area contributed by atoms with Gasteiger partial charge in [0.2, 0.25) is 0 Å². The average Bonchev–Trinajstić information content (AvgIpc) is 2.76. The zero-order chi connectivity index (χ0) is 12.4. The summed E-state index contributed by atoms with van der Waals surface area (Å²) < 4.78 is 5.40. The van der Waals surface area contributed by atoms with Gasteiger partial charge in [0, 0.05) is 31.5 Å². The van der Waals surface area contributed by atoms with Crippen molar-refractivity contribution in [1.29, 1.82) is 0 Å². The van der Waals surface area contributed by atoms with Crippen molar-refractivity contribution in [1.82, 2.24) is 0 Å². The van der Waals surface area contributed by atoms with Crippen LogP contribution in [0, 0.1) is 6.92 Å². The third-order valence-corrected chi connectivity index (χ3v) is 3.52. The van der Waals surface area contributed by atoms with Crippen LogP contribution in [0.2, 0.25) is 0 Å². The zero-order valence-corrected chi connectivity index (χ0v) is 11.1. The number of nitrogens with two attached hydrogens (primary N) is 1. The van der Waals surface area contributed by atoms with Crippen molar-refractivity contribution in [2.45, 2.75) is 19.4 Å². The molecule has 2 N–H and O–H groups in total. The number of para-hydroxylation sites is 1. The molecule has 1 aliphatic rings. The molecule has 0 spiro atoms. The Hall–Kier alpha value is -1.13. The number of anilines is 1. The Labute approximate surface area is 108 Å². The molecule has 3 nitrogen and oxygen atoms in total. The highest BCUT2D eigenvalue weighted by Crippen LogP contribution is 2.29. The monoisotopic (exact) mass is 250 g/mol. The highest BCUT2D eigenvalue weighted by molar-refractivity contribution is 7.80. The van der Waals surface area contributed by atoms with Crippen LogP contribution in [0.4, 0.5) is 5.69 Å². The van der Waals surface area contributed by atoms with Crippen LogP contribution in [-0.2, 0) is 4.74 Å². The second kappa shape index (κ2) is 5.02. The van der Waals surface area contributed by atoms with Crippen molar-refractivity contribution >= 4 is 22.9 Å². The van der Waals surface area contributed by atoms with Gasteiger partial charge < -0.3 is 15.4 Å². The second-order valence-electron chi connectivity index (χ2n) is 4.43. The number of aryl methyl sites for hydroxylation is 1. The van der Waals surface area contributed by atoms with Gasteiger partial charge in [-0.2, -0.15) is 0 Å². The van der Waals surface area contributed by atoms with Gasteiger partial charge in [0.1, 0.15) is 4.99 Å². The van der Waals surface area contributed by atoms with Gasteiger partial charge in [-0.1, -0.05) is 24.4 Å². The summed E-state index contributed by atoms with van der Waals surface area (Å²) in [5.41, 5.74) is 9.14. The van der Waals surface area contributed by atoms with Crippen molar-refractivity contribution in [3.05, 3.63) is 29.3 Å². The first-order chi connectivity index (χ1) is 8.13. The fourth-order valence-corrected chi connectivity index (χ4v) is 2.57. The van der Waals surface area contributed by atoms with Crippen LogP contribution in [0.15, 0.2) is 18.2 Å². The highest BCUT2D eigenvalue weighted by Gasteiger charge is 2.25. The average molecular weight is 250 g/mol. The van der Waals surface area contributed by atoms with E-state index in [1.807, 2.05) is 12.1 Å². The minimum Gasteiger partial charge on any atom is -0.389 e. The highest BCUT2D eigenvalue weighted by atomic mass is 32.1. The van der Waals surface area contributed by atoms with Gasteiger partial charge in [-0.15, -0.1) is 0 Å². The lowest BCUT2D eigenvalue weighted by molar-refractivity contribution is 0.121. The van der Waals surface area contributed by atoms with E-state index in [2.05, 4.69) is 17.9 Å². The molecule has 1 aromatic rings. The number of nitrogens with zero attached hydrogens (tertiary/aromatic N) is 1. The first-order valence-corrected chi connectivity index (χ1v) is 6.21. The van der Waals surface area contributed by atoms with E-state index in [1.54, 1.807) is 7.11 Å². The summed E-state index contributed by atoms with van der Waals surface area (Å²) >= 11 is 5.12. The van der Waals surface area contributed by atoms with Crippen LogP contribution in [0.3, 0.4) is 0 Å². The first-order valence-electron chi connectivity index (χ1n) is 5.80. The van der Waals surface area contributed by atoms with Crippen molar-refractivity contribution in [2.75, 3.05) is 25.1 Å². The molecule has 17 heavy (non-hydrogen) atoms. The molecule has 0 bridgehead atoms. The Morgan fingerprint density at radius 2 is 2.29 bits per heavy atom. The molecule has 1 heterocycles. The summed E-state index contributed by atoms with van der Waals surface area (Å²) in [6.07, 6.45) is 1.37. The maximum atomic E-state index is 5.79. The maximum Gasteiger partial charge on any atom is 0.106 e. The molecule has 1 aliphatic heterocycles. The molecule has 1 fully saturated rings. The van der Waals surface area contributed by atoms with Crippen LogP contribution in [-0.4, -0.2) is 31.3 Å². The Morgan fingerprint density at radius 1 is 1.53 bits per heavy atom. The lowest BCUT2D eigenvalue weighted by Crippen LogP contribution is -2.26. The Balaban J connectivity index is 2.34. The van der Waals surface area contributed by atoms with E-state index in [1.165, 1.54) is 11.3 Å². The summed E-state index contributed by atoms with van der Waals surface area (Å²) in [4.78, 5) is 2.78. The quantitative estimate of drug-likeness (QED) is 0.831. The molecule has 0 radical (unpaired) electrons. The SMILES string of the molecule is COC1CCN(c2c(C)cccc2C(N)=S)C1. The fraction of sp³-hybridized carbons (Fsp3) is 0.462. The summed E-state index contributed by atoms with van der Waals surface area (Å²) in [7, 11) is 1.76. The van der Waals surface area contributed by atoms with E-state index in [0.29, 0.717) is 11.1 Å². The second-order valence-corrected chi connectivity index (χ2v) is 4.87. The van der Waals surface area contributed by atoms with E-state index in [9.17, 15) is 0 Å². The third-order valence-electron chi connectivity index (χ3n) is 3.30. The zero-order valence-electron chi connectivity index (χ0n) is 10.3. The number of methoxy groups -OCH3 is 1. The van der Waals surface area contributed by atoms with E-state index in [-0.39, 0.29) is 0 Å². The van der Waals surface area contributed by atoms with E-state index >= 15 is 0 Å². The van der Waals surface area contributed by atoms with Gasteiger partial charge >= 0.3 is 0 Å². The van der Waals surface area contributed by atoms with Gasteiger partial charge in [0.05, 0.1) is 6.10 Å². The summed E-state index contributed by atoms with van der Waals surface area (Å²) in [5, 5.41) is 0. The maximum absolute atomic E-state index is 5.79. The van der Waals surface area contributed by atoms with E-state index < -0.39 is 0 Å². The van der Waals surface area contributed by atoms with Crippen molar-refractivity contribution in [3.63, 3.8) is 0 Å². The van der Waals surface area contributed by atoms with Crippen LogP contribution in [0.5, 0.6) is 0 Å². The molecular formula is C13H18N2OS. The van der Waals surface area contributed by atoms with Crippen molar-refractivity contribution in [3.8, 4) is 0 Å². The molecule has 1 aromatic carbocycles. The summed E-state index contributed by atoms with van der Waals surface area (Å²) in [6.45, 7) is 4.01. The lowest BCUT2D eigenvalue weighted by Gasteiger charge is -2.23. The lowest BCUT2D eigenvalue weighted by atomic mass is 10.1. The number of ether oxygens (including phenoxy) is 1. The normalized spacial score (nSPS) is 19.6. The molecule has 1 saturated heterocycles. The van der Waals surface area contributed by atoms with E-state index in [4.69, 9.17) is 22.7 Å². The Bertz CT molecular complexity index is 433. The molecular weight excluding hydrogens is 232 g/mol. The first kappa shape index (κ1) is 12.3. The molecule has 92 valence electrons. The molecule has 1 atom stereocenters. The predicted octanol–water partition coefficient (Wildman–Crippen LogP) is 1.85. The minimum atomic E-state index is 0.314. The van der Waals surface area contributed by atoms with Gasteiger partial charge in [-0.25, -0.2) is 0 Å². The summed E-state index contributed by atoms with van der Waals surface area (Å²) in [6, 6.07) is 6.08. The molecule has 0 aromatic heterocycles. The van der Waals surface area contributed by atoms with Gasteiger partial charge in [0.15, 0.2) is 0 Å². The van der Waals surface area contributed by atoms with Crippen LogP contribution in [0.25, 0.3) is 0 Å². The molecule has 4 heteroatoms. The van der Waals surface area contributed by atoms with Crippen molar-refractivity contribution < 1.29 is 4.74 Å². The van der Waals surface area contributed by atoms with Crippen molar-refractivity contribution in [2.24, 2.45) is 5.73 Å². The van der Waals surface area contributed by atoms with Crippen LogP contribution >= 0.6 is 12.2 Å². The van der Waals surface area contributed by atoms with E-state index in [0.717, 1.165) is 25.1 Å². The number of benzene rings is 1. The molecule has 0 aliphatic carbocycles. The third kappa shape index (κ3) is 2.42. The summed E-state index contributed by atoms with van der Waals surface area (Å²) in [5.74, 6) is 0. The Morgan fingerprint density at radius 3 is 2.88 bits per heavy atom. The smallest absolute Gasteiger partial charge is 0.106 e. The van der Waals surface area contributed by atoms with Crippen LogP contribution in [0.1, 0.15) is 17.5 Å². The van der Waals surface area contributed by atoms with Crippen LogP contribution < -0.4 is 10.6 Å².